The van der Waals surface area contributed by atoms with Gasteiger partial charge < -0.3 is 19.2 Å². The van der Waals surface area contributed by atoms with Crippen molar-refractivity contribution in [3.05, 3.63) is 65.2 Å². The van der Waals surface area contributed by atoms with Crippen molar-refractivity contribution in [3.8, 4) is 5.75 Å². The Bertz CT molecular complexity index is 767. The number of benzene rings is 2. The highest BCUT2D eigenvalue weighted by Crippen LogP contribution is 2.31. The van der Waals surface area contributed by atoms with Gasteiger partial charge in [-0.2, -0.15) is 0 Å². The van der Waals surface area contributed by atoms with E-state index in [4.69, 9.17) is 9.47 Å². The zero-order valence-electron chi connectivity index (χ0n) is 15.6. The minimum Gasteiger partial charge on any atom is -0.496 e. The second-order valence-electron chi connectivity index (χ2n) is 6.74. The number of likely N-dealkylation sites (tertiary alicyclic amines) is 1. The normalized spacial score (nSPS) is 14.6. The number of nitrogens with zero attached hydrogens (tertiary/aromatic N) is 1. The van der Waals surface area contributed by atoms with Crippen LogP contribution in [0.5, 0.6) is 5.75 Å². The number of piperidine rings is 1. The standard InChI is InChI=1S/C22H25NO4/c1-26-21-8-7-19(15-20(21)11-14-24)18-9-12-23(13-10-18)22(25)27-16-17-5-3-2-4-6-17/h2-8,14-15,18H,9-13,16H2,1H3. The smallest absolute Gasteiger partial charge is 0.410 e. The Morgan fingerprint density at radius 2 is 1.89 bits per heavy atom. The molecule has 1 aliphatic rings. The first-order valence-electron chi connectivity index (χ1n) is 9.27. The predicted octanol–water partition coefficient (Wildman–Crippen LogP) is 3.95. The fourth-order valence-electron chi connectivity index (χ4n) is 3.51. The maximum absolute atomic E-state index is 12.3. The molecule has 0 atom stereocenters. The third-order valence-electron chi connectivity index (χ3n) is 5.04. The molecule has 27 heavy (non-hydrogen) atoms. The number of aldehydes is 1. The fraction of sp³-hybridized carbons (Fsp3) is 0.364. The van der Waals surface area contributed by atoms with Crippen LogP contribution in [-0.4, -0.2) is 37.5 Å². The molecule has 0 N–H and O–H groups in total. The minimum atomic E-state index is -0.256. The molecule has 0 spiro atoms. The van der Waals surface area contributed by atoms with Gasteiger partial charge in [-0.3, -0.25) is 0 Å². The topological polar surface area (TPSA) is 55.8 Å². The van der Waals surface area contributed by atoms with Gasteiger partial charge in [0.1, 0.15) is 18.6 Å². The number of hydrogen-bond acceptors (Lipinski definition) is 4. The average Bonchev–Trinajstić information content (AvgIpc) is 2.73. The van der Waals surface area contributed by atoms with Crippen LogP contribution < -0.4 is 4.74 Å². The van der Waals surface area contributed by atoms with E-state index in [-0.39, 0.29) is 6.09 Å². The van der Waals surface area contributed by atoms with Crippen LogP contribution >= 0.6 is 0 Å². The highest BCUT2D eigenvalue weighted by molar-refractivity contribution is 5.67. The molecule has 0 aliphatic carbocycles. The molecule has 2 aromatic carbocycles. The van der Waals surface area contributed by atoms with Crippen molar-refractivity contribution in [3.63, 3.8) is 0 Å². The first kappa shape index (κ1) is 19.0. The van der Waals surface area contributed by atoms with Crippen LogP contribution in [0.3, 0.4) is 0 Å². The van der Waals surface area contributed by atoms with E-state index in [0.29, 0.717) is 32.0 Å². The number of rotatable bonds is 6. The van der Waals surface area contributed by atoms with E-state index >= 15 is 0 Å². The molecular formula is C22H25NO4. The van der Waals surface area contributed by atoms with Crippen LogP contribution in [0.25, 0.3) is 0 Å². The summed E-state index contributed by atoms with van der Waals surface area (Å²) in [5.74, 6) is 1.12. The van der Waals surface area contributed by atoms with Gasteiger partial charge >= 0.3 is 6.09 Å². The van der Waals surface area contributed by atoms with Crippen molar-refractivity contribution in [1.82, 2.24) is 4.90 Å². The molecule has 0 aromatic heterocycles. The summed E-state index contributed by atoms with van der Waals surface area (Å²) in [6.07, 6.45) is 2.75. The summed E-state index contributed by atoms with van der Waals surface area (Å²) < 4.78 is 10.7. The van der Waals surface area contributed by atoms with Gasteiger partial charge in [-0.1, -0.05) is 42.5 Å². The third-order valence-corrected chi connectivity index (χ3v) is 5.04. The number of carbonyl (C=O) groups is 2. The number of carbonyl (C=O) groups excluding carboxylic acids is 2. The summed E-state index contributed by atoms with van der Waals surface area (Å²) >= 11 is 0. The summed E-state index contributed by atoms with van der Waals surface area (Å²) in [5.41, 5.74) is 3.10. The lowest BCUT2D eigenvalue weighted by Crippen LogP contribution is -2.38. The Hall–Kier alpha value is -2.82. The van der Waals surface area contributed by atoms with Gasteiger partial charge in [0.05, 0.1) is 7.11 Å². The first-order chi connectivity index (χ1) is 13.2. The van der Waals surface area contributed by atoms with Gasteiger partial charge in [-0.05, 0) is 36.0 Å². The molecule has 0 bridgehead atoms. The number of methoxy groups -OCH3 is 1. The second kappa shape index (κ2) is 9.21. The molecule has 0 radical (unpaired) electrons. The van der Waals surface area contributed by atoms with E-state index in [1.807, 2.05) is 36.4 Å². The molecule has 1 heterocycles. The van der Waals surface area contributed by atoms with Gasteiger partial charge in [0.2, 0.25) is 0 Å². The van der Waals surface area contributed by atoms with E-state index in [0.717, 1.165) is 36.0 Å². The van der Waals surface area contributed by atoms with Crippen molar-refractivity contribution in [2.75, 3.05) is 20.2 Å². The van der Waals surface area contributed by atoms with Crippen LogP contribution in [0, 0.1) is 0 Å². The zero-order valence-corrected chi connectivity index (χ0v) is 15.6. The average molecular weight is 367 g/mol. The number of ether oxygens (including phenoxy) is 2. The van der Waals surface area contributed by atoms with E-state index in [9.17, 15) is 9.59 Å². The number of hydrogen-bond donors (Lipinski definition) is 0. The second-order valence-corrected chi connectivity index (χ2v) is 6.74. The Kier molecular flexibility index (Phi) is 6.47. The van der Waals surface area contributed by atoms with Crippen molar-refractivity contribution in [2.24, 2.45) is 0 Å². The molecule has 5 nitrogen and oxygen atoms in total. The van der Waals surface area contributed by atoms with Gasteiger partial charge in [0.15, 0.2) is 0 Å². The van der Waals surface area contributed by atoms with Crippen LogP contribution in [0.15, 0.2) is 48.5 Å². The first-order valence-corrected chi connectivity index (χ1v) is 9.27. The Morgan fingerprint density at radius 1 is 1.15 bits per heavy atom. The Morgan fingerprint density at radius 3 is 2.56 bits per heavy atom. The van der Waals surface area contributed by atoms with Crippen molar-refractivity contribution in [1.29, 1.82) is 0 Å². The Balaban J connectivity index is 1.54. The van der Waals surface area contributed by atoms with Gasteiger partial charge in [0.25, 0.3) is 0 Å². The van der Waals surface area contributed by atoms with E-state index in [2.05, 4.69) is 12.1 Å². The lowest BCUT2D eigenvalue weighted by molar-refractivity contribution is -0.107. The fourth-order valence-corrected chi connectivity index (χ4v) is 3.51. The van der Waals surface area contributed by atoms with Crippen LogP contribution in [0.2, 0.25) is 0 Å². The largest absolute Gasteiger partial charge is 0.496 e. The molecule has 1 fully saturated rings. The molecule has 1 saturated heterocycles. The molecule has 2 aromatic rings. The molecular weight excluding hydrogens is 342 g/mol. The van der Waals surface area contributed by atoms with E-state index in [1.54, 1.807) is 12.0 Å². The van der Waals surface area contributed by atoms with Gasteiger partial charge in [0, 0.05) is 25.1 Å². The maximum Gasteiger partial charge on any atom is 0.410 e. The molecule has 0 saturated carbocycles. The summed E-state index contributed by atoms with van der Waals surface area (Å²) in [4.78, 5) is 25.0. The summed E-state index contributed by atoms with van der Waals surface area (Å²) in [5, 5.41) is 0. The van der Waals surface area contributed by atoms with Gasteiger partial charge in [-0.15, -0.1) is 0 Å². The maximum atomic E-state index is 12.3. The van der Waals surface area contributed by atoms with E-state index in [1.165, 1.54) is 5.56 Å². The van der Waals surface area contributed by atoms with E-state index < -0.39 is 0 Å². The Labute approximate surface area is 159 Å². The van der Waals surface area contributed by atoms with Gasteiger partial charge in [-0.25, -0.2) is 4.79 Å². The lowest BCUT2D eigenvalue weighted by Gasteiger charge is -2.31. The summed E-state index contributed by atoms with van der Waals surface area (Å²) in [6.45, 7) is 1.65. The monoisotopic (exact) mass is 367 g/mol. The highest BCUT2D eigenvalue weighted by atomic mass is 16.6. The van der Waals surface area contributed by atoms with Crippen LogP contribution in [-0.2, 0) is 22.6 Å². The minimum absolute atomic E-state index is 0.256. The summed E-state index contributed by atoms with van der Waals surface area (Å²) in [7, 11) is 1.61. The van der Waals surface area contributed by atoms with Crippen molar-refractivity contribution in [2.45, 2.75) is 31.8 Å². The molecule has 3 rings (SSSR count). The molecule has 5 heteroatoms. The highest BCUT2D eigenvalue weighted by Gasteiger charge is 2.25. The summed E-state index contributed by atoms with van der Waals surface area (Å²) in [6, 6.07) is 15.7. The van der Waals surface area contributed by atoms with Crippen LogP contribution in [0.4, 0.5) is 4.79 Å². The SMILES string of the molecule is COc1ccc(C2CCN(C(=O)OCc3ccccc3)CC2)cc1CC=O. The van der Waals surface area contributed by atoms with Crippen molar-refractivity contribution < 1.29 is 19.1 Å². The molecule has 1 amide bonds. The lowest BCUT2D eigenvalue weighted by atomic mass is 9.88. The zero-order chi connectivity index (χ0) is 19.1. The molecule has 142 valence electrons. The number of amides is 1. The molecule has 1 aliphatic heterocycles. The third kappa shape index (κ3) is 4.88. The quantitative estimate of drug-likeness (QED) is 0.726. The van der Waals surface area contributed by atoms with Crippen molar-refractivity contribution >= 4 is 12.4 Å². The molecule has 0 unspecified atom stereocenters. The van der Waals surface area contributed by atoms with Crippen LogP contribution in [0.1, 0.15) is 35.4 Å². The predicted molar refractivity (Wildman–Crippen MR) is 103 cm³/mol.